The molecule has 142 valence electrons. The van der Waals surface area contributed by atoms with Gasteiger partial charge in [0.25, 0.3) is 0 Å². The normalized spacial score (nSPS) is 29.5. The van der Waals surface area contributed by atoms with Gasteiger partial charge >= 0.3 is 0 Å². The maximum Gasteiger partial charge on any atom is 0.227 e. The summed E-state index contributed by atoms with van der Waals surface area (Å²) in [6, 6.07) is 0. The van der Waals surface area contributed by atoms with Gasteiger partial charge in [0.1, 0.15) is 24.1 Å². The summed E-state index contributed by atoms with van der Waals surface area (Å²) in [6.07, 6.45) is -1.43. The summed E-state index contributed by atoms with van der Waals surface area (Å²) < 4.78 is 30.8. The highest BCUT2D eigenvalue weighted by Gasteiger charge is 2.49. The summed E-state index contributed by atoms with van der Waals surface area (Å²) in [5.74, 6) is 0.572. The van der Waals surface area contributed by atoms with Crippen molar-refractivity contribution < 1.29 is 22.8 Å². The molecule has 0 unspecified atom stereocenters. The largest absolute Gasteiger partial charge is 0.464 e. The van der Waals surface area contributed by atoms with Crippen LogP contribution in [-0.2, 0) is 22.8 Å². The quantitative estimate of drug-likeness (QED) is 0.609. The van der Waals surface area contributed by atoms with Crippen molar-refractivity contribution >= 4 is 25.0 Å². The van der Waals surface area contributed by atoms with E-state index in [2.05, 4.69) is 65.5 Å². The van der Waals surface area contributed by atoms with Gasteiger partial charge in [-0.2, -0.15) is 0 Å². The van der Waals surface area contributed by atoms with Gasteiger partial charge in [-0.1, -0.05) is 6.58 Å². The van der Waals surface area contributed by atoms with Crippen molar-refractivity contribution in [2.24, 2.45) is 0 Å². The summed E-state index contributed by atoms with van der Waals surface area (Å²) in [5, 5.41) is 0. The molecule has 1 aliphatic rings. The van der Waals surface area contributed by atoms with Crippen LogP contribution in [0.4, 0.5) is 0 Å². The summed E-state index contributed by atoms with van der Waals surface area (Å²) >= 11 is 0. The topological polar surface area (TPSA) is 46.2 Å². The highest BCUT2D eigenvalue weighted by molar-refractivity contribution is 6.70. The molecule has 1 saturated heterocycles. The number of methoxy groups -OCH3 is 1. The van der Waals surface area contributed by atoms with E-state index in [1.54, 1.807) is 7.11 Å². The van der Waals surface area contributed by atoms with Crippen molar-refractivity contribution in [3.05, 3.63) is 12.3 Å². The number of rotatable bonds is 7. The van der Waals surface area contributed by atoms with Crippen LogP contribution < -0.4 is 0 Å². The molecule has 0 aliphatic carbocycles. The zero-order valence-electron chi connectivity index (χ0n) is 17.1. The van der Waals surface area contributed by atoms with E-state index < -0.39 is 31.2 Å². The molecule has 1 heterocycles. The van der Waals surface area contributed by atoms with Crippen molar-refractivity contribution in [3.8, 4) is 0 Å². The lowest BCUT2D eigenvalue weighted by atomic mass is 10.0. The molecule has 24 heavy (non-hydrogen) atoms. The zero-order chi connectivity index (χ0) is 18.9. The SMILES string of the molecule is C=C1O[C@H](OC)[C@H](O[Si](C)(C)C)[C@@H](O[Si](C)(C)C)[C@@H]1O[Si](C)(C)C. The molecular weight excluding hydrogens is 356 g/mol. The fourth-order valence-corrected chi connectivity index (χ4v) is 5.72. The fourth-order valence-electron chi connectivity index (χ4n) is 2.56. The molecule has 0 amide bonds. The average Bonchev–Trinajstić information content (AvgIpc) is 2.32. The van der Waals surface area contributed by atoms with Crippen LogP contribution in [0.15, 0.2) is 12.3 Å². The molecule has 0 spiro atoms. The van der Waals surface area contributed by atoms with Crippen LogP contribution in [0.3, 0.4) is 0 Å². The Morgan fingerprint density at radius 2 is 1.17 bits per heavy atom. The van der Waals surface area contributed by atoms with E-state index in [0.29, 0.717) is 5.76 Å². The zero-order valence-corrected chi connectivity index (χ0v) is 20.1. The molecule has 0 radical (unpaired) electrons. The smallest absolute Gasteiger partial charge is 0.227 e. The first kappa shape index (κ1) is 22.1. The Bertz CT molecular complexity index is 436. The highest BCUT2D eigenvalue weighted by atomic mass is 28.4. The predicted molar refractivity (Wildman–Crippen MR) is 106 cm³/mol. The molecule has 0 saturated carbocycles. The number of hydrogen-bond acceptors (Lipinski definition) is 5. The first-order chi connectivity index (χ1) is 10.6. The Balaban J connectivity index is 3.23. The second kappa shape index (κ2) is 7.73. The molecule has 0 N–H and O–H groups in total. The molecule has 4 atom stereocenters. The van der Waals surface area contributed by atoms with Crippen molar-refractivity contribution in [3.63, 3.8) is 0 Å². The lowest BCUT2D eigenvalue weighted by molar-refractivity contribution is -0.223. The van der Waals surface area contributed by atoms with Crippen molar-refractivity contribution in [1.82, 2.24) is 0 Å². The van der Waals surface area contributed by atoms with Crippen LogP contribution in [0.25, 0.3) is 0 Å². The maximum atomic E-state index is 6.51. The van der Waals surface area contributed by atoms with Crippen LogP contribution in [0.5, 0.6) is 0 Å². The van der Waals surface area contributed by atoms with Gasteiger partial charge in [-0.15, -0.1) is 0 Å². The molecule has 1 fully saturated rings. The molecule has 1 rings (SSSR count). The van der Waals surface area contributed by atoms with E-state index in [1.807, 2.05) is 0 Å². The molecule has 0 aromatic heterocycles. The molecule has 5 nitrogen and oxygen atoms in total. The first-order valence-electron chi connectivity index (χ1n) is 8.55. The van der Waals surface area contributed by atoms with Crippen LogP contribution in [0.1, 0.15) is 0 Å². The van der Waals surface area contributed by atoms with Crippen molar-refractivity contribution in [1.29, 1.82) is 0 Å². The summed E-state index contributed by atoms with van der Waals surface area (Å²) in [6.45, 7) is 23.5. The minimum absolute atomic E-state index is 0.263. The Hall–Kier alpha value is 0.0306. The van der Waals surface area contributed by atoms with E-state index in [0.717, 1.165) is 0 Å². The average molecular weight is 393 g/mol. The van der Waals surface area contributed by atoms with E-state index in [-0.39, 0.29) is 18.3 Å². The summed E-state index contributed by atoms with van der Waals surface area (Å²) in [5.41, 5.74) is 0. The van der Waals surface area contributed by atoms with E-state index in [4.69, 9.17) is 22.8 Å². The molecule has 1 aliphatic heterocycles. The lowest BCUT2D eigenvalue weighted by Crippen LogP contribution is -2.61. The second-order valence-electron chi connectivity index (χ2n) is 9.23. The Morgan fingerprint density at radius 1 is 0.750 bits per heavy atom. The third kappa shape index (κ3) is 7.11. The molecule has 8 heteroatoms. The number of ether oxygens (including phenoxy) is 2. The monoisotopic (exact) mass is 392 g/mol. The van der Waals surface area contributed by atoms with Gasteiger partial charge in [0.2, 0.25) is 6.29 Å². The van der Waals surface area contributed by atoms with Crippen molar-refractivity contribution in [2.45, 2.75) is 83.5 Å². The predicted octanol–water partition coefficient (Wildman–Crippen LogP) is 4.16. The third-order valence-corrected chi connectivity index (χ3v) is 6.09. The highest BCUT2D eigenvalue weighted by Crippen LogP contribution is 2.34. The second-order valence-corrected chi connectivity index (χ2v) is 22.6. The Labute approximate surface area is 151 Å². The van der Waals surface area contributed by atoms with Gasteiger partial charge in [-0.05, 0) is 58.9 Å². The summed E-state index contributed by atoms with van der Waals surface area (Å²) in [7, 11) is -3.85. The Kier molecular flexibility index (Phi) is 7.11. The van der Waals surface area contributed by atoms with Crippen LogP contribution in [-0.4, -0.2) is 56.7 Å². The lowest BCUT2D eigenvalue weighted by Gasteiger charge is -2.47. The van der Waals surface area contributed by atoms with Gasteiger partial charge in [0.05, 0.1) is 0 Å². The fraction of sp³-hybridized carbons (Fsp3) is 0.875. The Morgan fingerprint density at radius 3 is 1.54 bits per heavy atom. The van der Waals surface area contributed by atoms with E-state index in [9.17, 15) is 0 Å². The van der Waals surface area contributed by atoms with Gasteiger partial charge in [0, 0.05) is 7.11 Å². The minimum atomic E-state index is -1.83. The van der Waals surface area contributed by atoms with Crippen molar-refractivity contribution in [2.75, 3.05) is 7.11 Å². The standard InChI is InChI=1S/C16H36O5Si3/c1-12-13(19-22(3,4)5)14(20-23(6,7)8)15(16(17-2)18-12)21-24(9,10)11/h13-16H,1H2,2-11H3/t13-,14+,15-,16+/m1/s1. The van der Waals surface area contributed by atoms with Gasteiger partial charge < -0.3 is 22.8 Å². The molecular formula is C16H36O5Si3. The van der Waals surface area contributed by atoms with Gasteiger partial charge in [-0.25, -0.2) is 0 Å². The molecule has 0 bridgehead atoms. The van der Waals surface area contributed by atoms with Crippen LogP contribution in [0.2, 0.25) is 58.9 Å². The van der Waals surface area contributed by atoms with E-state index in [1.165, 1.54) is 0 Å². The van der Waals surface area contributed by atoms with Crippen LogP contribution >= 0.6 is 0 Å². The molecule has 0 aromatic carbocycles. The van der Waals surface area contributed by atoms with Crippen LogP contribution in [0, 0.1) is 0 Å². The van der Waals surface area contributed by atoms with E-state index >= 15 is 0 Å². The molecule has 0 aromatic rings. The minimum Gasteiger partial charge on any atom is -0.464 e. The van der Waals surface area contributed by atoms with Gasteiger partial charge in [-0.3, -0.25) is 0 Å². The van der Waals surface area contributed by atoms with Gasteiger partial charge in [0.15, 0.2) is 25.0 Å². The number of hydrogen-bond donors (Lipinski definition) is 0. The third-order valence-electron chi connectivity index (χ3n) is 3.17. The first-order valence-corrected chi connectivity index (χ1v) is 18.8. The summed E-state index contributed by atoms with van der Waals surface area (Å²) in [4.78, 5) is 0. The maximum absolute atomic E-state index is 6.51.